The van der Waals surface area contributed by atoms with Gasteiger partial charge in [-0.25, -0.2) is 0 Å². The molecule has 30 heavy (non-hydrogen) atoms. The number of rotatable bonds is 10. The number of fused-ring (bicyclic) bond motifs is 1. The van der Waals surface area contributed by atoms with E-state index >= 15 is 0 Å². The Morgan fingerprint density at radius 1 is 1.13 bits per heavy atom. The first-order valence-corrected chi connectivity index (χ1v) is 11.2. The van der Waals surface area contributed by atoms with Crippen molar-refractivity contribution in [3.8, 4) is 17.2 Å². The zero-order valence-corrected chi connectivity index (χ0v) is 17.7. The highest BCUT2D eigenvalue weighted by Gasteiger charge is 2.24. The molecule has 1 aliphatic rings. The molecular weight excluding hydrogens is 404 g/mol. The van der Waals surface area contributed by atoms with Crippen LogP contribution >= 0.6 is 11.8 Å². The molecule has 1 heterocycles. The maximum Gasteiger partial charge on any atom is 0.258 e. The number of nitrogens with one attached hydrogen (secondary N) is 2. The van der Waals surface area contributed by atoms with Gasteiger partial charge >= 0.3 is 0 Å². The van der Waals surface area contributed by atoms with E-state index in [1.165, 1.54) is 0 Å². The van der Waals surface area contributed by atoms with Crippen LogP contribution in [0.15, 0.2) is 54.6 Å². The van der Waals surface area contributed by atoms with Gasteiger partial charge in [0.1, 0.15) is 24.5 Å². The highest BCUT2D eigenvalue weighted by Crippen LogP contribution is 2.30. The highest BCUT2D eigenvalue weighted by molar-refractivity contribution is 7.98. The van der Waals surface area contributed by atoms with E-state index < -0.39 is 6.04 Å². The number of benzene rings is 2. The first kappa shape index (κ1) is 21.8. The molecule has 0 aliphatic carbocycles. The van der Waals surface area contributed by atoms with E-state index in [-0.39, 0.29) is 24.5 Å². The summed E-state index contributed by atoms with van der Waals surface area (Å²) in [7, 11) is 0. The molecule has 7 nitrogen and oxygen atoms in total. The summed E-state index contributed by atoms with van der Waals surface area (Å²) in [5.41, 5.74) is 0. The largest absolute Gasteiger partial charge is 0.486 e. The van der Waals surface area contributed by atoms with E-state index in [1.54, 1.807) is 23.9 Å². The topological polar surface area (TPSA) is 85.9 Å². The summed E-state index contributed by atoms with van der Waals surface area (Å²) in [6, 6.07) is 15.9. The third-order valence-corrected chi connectivity index (χ3v) is 5.09. The van der Waals surface area contributed by atoms with Crippen molar-refractivity contribution >= 4 is 23.6 Å². The number of hydrogen-bond acceptors (Lipinski definition) is 6. The molecule has 0 radical (unpaired) electrons. The van der Waals surface area contributed by atoms with Gasteiger partial charge in [0.2, 0.25) is 5.91 Å². The molecule has 0 fully saturated rings. The lowest BCUT2D eigenvalue weighted by Crippen LogP contribution is -2.51. The van der Waals surface area contributed by atoms with Crippen LogP contribution in [-0.4, -0.2) is 55.7 Å². The predicted molar refractivity (Wildman–Crippen MR) is 116 cm³/mol. The molecule has 0 bridgehead atoms. The Bertz CT molecular complexity index is 833. The Labute approximate surface area is 180 Å². The van der Waals surface area contributed by atoms with E-state index in [2.05, 4.69) is 10.6 Å². The monoisotopic (exact) mass is 430 g/mol. The zero-order chi connectivity index (χ0) is 21.2. The molecule has 3 rings (SSSR count). The van der Waals surface area contributed by atoms with Gasteiger partial charge in [0.05, 0.1) is 6.54 Å². The summed E-state index contributed by atoms with van der Waals surface area (Å²) in [6.07, 6.45) is 2.19. The molecule has 0 saturated heterocycles. The minimum absolute atomic E-state index is 0.149. The normalized spacial score (nSPS) is 15.7. The van der Waals surface area contributed by atoms with E-state index in [4.69, 9.17) is 14.2 Å². The molecular formula is C22H26N2O5S. The second kappa shape index (κ2) is 11.3. The van der Waals surface area contributed by atoms with Crippen LogP contribution in [0.3, 0.4) is 0 Å². The second-order valence-electron chi connectivity index (χ2n) is 6.75. The van der Waals surface area contributed by atoms with Crippen molar-refractivity contribution in [3.63, 3.8) is 0 Å². The molecule has 0 spiro atoms. The van der Waals surface area contributed by atoms with Gasteiger partial charge in [-0.2, -0.15) is 11.8 Å². The maximum absolute atomic E-state index is 12.7. The summed E-state index contributed by atoms with van der Waals surface area (Å²) in [5.74, 6) is 2.11. The molecule has 8 heteroatoms. The summed E-state index contributed by atoms with van der Waals surface area (Å²) >= 11 is 1.62. The summed E-state index contributed by atoms with van der Waals surface area (Å²) in [5, 5.41) is 5.63. The number of amides is 2. The van der Waals surface area contributed by atoms with Crippen molar-refractivity contribution in [3.05, 3.63) is 54.6 Å². The van der Waals surface area contributed by atoms with Gasteiger partial charge < -0.3 is 24.8 Å². The Morgan fingerprint density at radius 2 is 1.87 bits per heavy atom. The van der Waals surface area contributed by atoms with Crippen LogP contribution in [0, 0.1) is 0 Å². The van der Waals surface area contributed by atoms with Crippen LogP contribution in [0.25, 0.3) is 0 Å². The lowest BCUT2D eigenvalue weighted by Gasteiger charge is -2.27. The van der Waals surface area contributed by atoms with E-state index in [0.717, 1.165) is 5.75 Å². The van der Waals surface area contributed by atoms with Crippen LogP contribution in [0.5, 0.6) is 17.2 Å². The number of hydrogen-bond donors (Lipinski definition) is 2. The van der Waals surface area contributed by atoms with Crippen LogP contribution < -0.4 is 24.8 Å². The Morgan fingerprint density at radius 3 is 2.63 bits per heavy atom. The van der Waals surface area contributed by atoms with Gasteiger partial charge in [-0.1, -0.05) is 30.3 Å². The molecule has 2 amide bonds. The zero-order valence-electron chi connectivity index (χ0n) is 16.8. The molecule has 2 N–H and O–H groups in total. The van der Waals surface area contributed by atoms with Gasteiger partial charge in [0.15, 0.2) is 18.1 Å². The third-order valence-electron chi connectivity index (χ3n) is 4.45. The average molecular weight is 431 g/mol. The van der Waals surface area contributed by atoms with Crippen molar-refractivity contribution in [1.29, 1.82) is 0 Å². The molecule has 2 aromatic carbocycles. The summed E-state index contributed by atoms with van der Waals surface area (Å²) in [4.78, 5) is 24.9. The fourth-order valence-electron chi connectivity index (χ4n) is 2.91. The number of para-hydroxylation sites is 3. The first-order chi connectivity index (χ1) is 14.7. The molecule has 1 aliphatic heterocycles. The van der Waals surface area contributed by atoms with E-state index in [0.29, 0.717) is 36.8 Å². The Kier molecular flexibility index (Phi) is 8.26. The van der Waals surface area contributed by atoms with Gasteiger partial charge in [0.25, 0.3) is 5.91 Å². The third kappa shape index (κ3) is 6.59. The second-order valence-corrected chi connectivity index (χ2v) is 7.73. The Balaban J connectivity index is 1.47. The molecule has 160 valence electrons. The van der Waals surface area contributed by atoms with E-state index in [1.807, 2.05) is 48.7 Å². The van der Waals surface area contributed by atoms with Crippen molar-refractivity contribution < 1.29 is 23.8 Å². The molecule has 2 atom stereocenters. The SMILES string of the molecule is CSCC[C@H](NC(=O)COc1ccccc1)C(=O)NC[C@H]1COc2ccccc2O1. The maximum atomic E-state index is 12.7. The smallest absolute Gasteiger partial charge is 0.258 e. The summed E-state index contributed by atoms with van der Waals surface area (Å²) < 4.78 is 17.0. The Hall–Kier alpha value is -2.87. The fraction of sp³-hybridized carbons (Fsp3) is 0.364. The first-order valence-electron chi connectivity index (χ1n) is 9.78. The standard InChI is InChI=1S/C22H26N2O5S/c1-30-12-11-18(24-21(25)15-27-16-7-3-2-4-8-16)22(26)23-13-17-14-28-19-9-5-6-10-20(19)29-17/h2-10,17-18H,11-15H2,1H3,(H,23,26)(H,24,25)/t17-,18-/m0/s1. The predicted octanol–water partition coefficient (Wildman–Crippen LogP) is 2.26. The highest BCUT2D eigenvalue weighted by atomic mass is 32.2. The molecule has 0 unspecified atom stereocenters. The molecule has 0 saturated carbocycles. The van der Waals surface area contributed by atoms with Crippen molar-refractivity contribution in [2.75, 3.05) is 31.8 Å². The van der Waals surface area contributed by atoms with E-state index in [9.17, 15) is 9.59 Å². The fourth-order valence-corrected chi connectivity index (χ4v) is 3.38. The van der Waals surface area contributed by atoms with Gasteiger partial charge in [-0.05, 0) is 42.7 Å². The van der Waals surface area contributed by atoms with Crippen LogP contribution in [0.1, 0.15) is 6.42 Å². The number of carbonyl (C=O) groups excluding carboxylic acids is 2. The lowest BCUT2D eigenvalue weighted by molar-refractivity contribution is -0.130. The average Bonchev–Trinajstić information content (AvgIpc) is 2.79. The number of thioether (sulfide) groups is 1. The van der Waals surface area contributed by atoms with Crippen LogP contribution in [0.2, 0.25) is 0 Å². The van der Waals surface area contributed by atoms with Gasteiger partial charge in [0, 0.05) is 0 Å². The van der Waals surface area contributed by atoms with Crippen molar-refractivity contribution in [1.82, 2.24) is 10.6 Å². The van der Waals surface area contributed by atoms with Crippen LogP contribution in [-0.2, 0) is 9.59 Å². The van der Waals surface area contributed by atoms with Crippen molar-refractivity contribution in [2.45, 2.75) is 18.6 Å². The van der Waals surface area contributed by atoms with Gasteiger partial charge in [-0.3, -0.25) is 9.59 Å². The number of ether oxygens (including phenoxy) is 3. The van der Waals surface area contributed by atoms with Crippen molar-refractivity contribution in [2.24, 2.45) is 0 Å². The minimum Gasteiger partial charge on any atom is -0.486 e. The number of carbonyl (C=O) groups is 2. The van der Waals surface area contributed by atoms with Crippen LogP contribution in [0.4, 0.5) is 0 Å². The molecule has 2 aromatic rings. The minimum atomic E-state index is -0.638. The lowest BCUT2D eigenvalue weighted by atomic mass is 10.2. The molecule has 0 aromatic heterocycles. The quantitative estimate of drug-likeness (QED) is 0.601. The van der Waals surface area contributed by atoms with Gasteiger partial charge in [-0.15, -0.1) is 0 Å². The summed E-state index contributed by atoms with van der Waals surface area (Å²) in [6.45, 7) is 0.493.